The van der Waals surface area contributed by atoms with E-state index in [4.69, 9.17) is 0 Å². The van der Waals surface area contributed by atoms with Crippen LogP contribution < -0.4 is 0 Å². The van der Waals surface area contributed by atoms with Crippen molar-refractivity contribution in [3.8, 4) is 0 Å². The number of rotatable bonds is 3. The van der Waals surface area contributed by atoms with Gasteiger partial charge in [0.2, 0.25) is 0 Å². The Balaban J connectivity index is 3.27. The lowest BCUT2D eigenvalue weighted by molar-refractivity contribution is -0.140. The maximum atomic E-state index is 13.3. The van der Waals surface area contributed by atoms with E-state index < -0.39 is 29.0 Å². The summed E-state index contributed by atoms with van der Waals surface area (Å²) in [6, 6.07) is 2.25. The molecule has 1 rings (SSSR count). The zero-order chi connectivity index (χ0) is 16.4. The van der Waals surface area contributed by atoms with E-state index in [0.717, 1.165) is 6.07 Å². The van der Waals surface area contributed by atoms with Crippen molar-refractivity contribution in [1.82, 2.24) is 4.90 Å². The maximum Gasteiger partial charge on any atom is 0.419 e. The normalized spacial score (nSPS) is 12.1. The summed E-state index contributed by atoms with van der Waals surface area (Å²) < 4.78 is 51.3. The second kappa shape index (κ2) is 5.87. The maximum absolute atomic E-state index is 13.3. The van der Waals surface area contributed by atoms with Crippen molar-refractivity contribution < 1.29 is 22.4 Å². The quantitative estimate of drug-likeness (QED) is 0.603. The molecule has 0 unspecified atom stereocenters. The first-order chi connectivity index (χ1) is 9.48. The molecule has 21 heavy (non-hydrogen) atoms. The van der Waals surface area contributed by atoms with E-state index in [2.05, 4.69) is 6.58 Å². The highest BCUT2D eigenvalue weighted by molar-refractivity contribution is 5.95. The fraction of sp³-hybridized carbons (Fsp3) is 0.400. The van der Waals surface area contributed by atoms with E-state index in [0.29, 0.717) is 12.1 Å². The van der Waals surface area contributed by atoms with Gasteiger partial charge in [-0.05, 0) is 39.0 Å². The molecule has 1 aromatic rings. The molecule has 0 heterocycles. The monoisotopic (exact) mass is 303 g/mol. The fourth-order valence-electron chi connectivity index (χ4n) is 1.82. The van der Waals surface area contributed by atoms with Gasteiger partial charge >= 0.3 is 6.18 Å². The molecule has 0 saturated heterocycles. The smallest absolute Gasteiger partial charge is 0.330 e. The highest BCUT2D eigenvalue weighted by Crippen LogP contribution is 2.32. The Hall–Kier alpha value is -1.85. The Labute approximate surface area is 121 Å². The lowest BCUT2D eigenvalue weighted by Gasteiger charge is -2.35. The van der Waals surface area contributed by atoms with E-state index in [-0.39, 0.29) is 12.1 Å². The highest BCUT2D eigenvalue weighted by Gasteiger charge is 2.35. The van der Waals surface area contributed by atoms with Crippen molar-refractivity contribution in [3.05, 3.63) is 47.8 Å². The molecule has 0 atom stereocenters. The topological polar surface area (TPSA) is 20.3 Å². The minimum Gasteiger partial charge on any atom is -0.330 e. The number of amides is 1. The van der Waals surface area contributed by atoms with Crippen LogP contribution in [0.1, 0.15) is 36.7 Å². The summed E-state index contributed by atoms with van der Waals surface area (Å²) in [6.45, 7) is 8.97. The standard InChI is InChI=1S/C15H17F4NO/c1-5-8-20(14(2,3)4)13(21)10-6-7-12(16)11(9-10)15(17,18)19/h5-7,9H,1,8H2,2-4H3. The van der Waals surface area contributed by atoms with Gasteiger partial charge in [-0.1, -0.05) is 6.08 Å². The number of hydrogen-bond acceptors (Lipinski definition) is 1. The summed E-state index contributed by atoms with van der Waals surface area (Å²) in [5, 5.41) is 0. The van der Waals surface area contributed by atoms with Crippen molar-refractivity contribution in [2.45, 2.75) is 32.5 Å². The second-order valence-corrected chi connectivity index (χ2v) is 5.57. The third-order valence-corrected chi connectivity index (χ3v) is 2.89. The van der Waals surface area contributed by atoms with Crippen LogP contribution in [-0.2, 0) is 6.18 Å². The van der Waals surface area contributed by atoms with E-state index in [1.54, 1.807) is 20.8 Å². The molecule has 0 bridgehead atoms. The Morgan fingerprint density at radius 3 is 2.29 bits per heavy atom. The van der Waals surface area contributed by atoms with Gasteiger partial charge in [-0.25, -0.2) is 4.39 Å². The number of hydrogen-bond donors (Lipinski definition) is 0. The third kappa shape index (κ3) is 4.06. The van der Waals surface area contributed by atoms with Gasteiger partial charge in [0, 0.05) is 17.6 Å². The lowest BCUT2D eigenvalue weighted by Crippen LogP contribution is -2.45. The molecule has 0 aliphatic rings. The van der Waals surface area contributed by atoms with Crippen LogP contribution in [0, 0.1) is 5.82 Å². The van der Waals surface area contributed by atoms with Crippen LogP contribution in [0.3, 0.4) is 0 Å². The Kier molecular flexibility index (Phi) is 4.81. The van der Waals surface area contributed by atoms with Gasteiger partial charge in [0.15, 0.2) is 0 Å². The van der Waals surface area contributed by atoms with Crippen LogP contribution in [0.4, 0.5) is 17.6 Å². The van der Waals surface area contributed by atoms with Gasteiger partial charge in [0.1, 0.15) is 5.82 Å². The number of alkyl halides is 3. The number of carbonyl (C=O) groups excluding carboxylic acids is 1. The largest absolute Gasteiger partial charge is 0.419 e. The molecule has 0 saturated carbocycles. The first-order valence-corrected chi connectivity index (χ1v) is 6.28. The molecule has 0 aliphatic heterocycles. The molecule has 0 aromatic heterocycles. The van der Waals surface area contributed by atoms with Crippen LogP contribution >= 0.6 is 0 Å². The van der Waals surface area contributed by atoms with Gasteiger partial charge in [-0.15, -0.1) is 6.58 Å². The van der Waals surface area contributed by atoms with E-state index in [1.165, 1.54) is 11.0 Å². The summed E-state index contributed by atoms with van der Waals surface area (Å²) in [4.78, 5) is 13.7. The average Bonchev–Trinajstić information content (AvgIpc) is 2.33. The molecule has 1 aromatic carbocycles. The minimum absolute atomic E-state index is 0.182. The molecule has 116 valence electrons. The molecule has 0 N–H and O–H groups in total. The molecule has 1 amide bonds. The van der Waals surface area contributed by atoms with Crippen molar-refractivity contribution >= 4 is 5.91 Å². The summed E-state index contributed by atoms with van der Waals surface area (Å²) in [7, 11) is 0. The Morgan fingerprint density at radius 2 is 1.86 bits per heavy atom. The molecule has 0 spiro atoms. The van der Waals surface area contributed by atoms with Crippen molar-refractivity contribution in [2.75, 3.05) is 6.54 Å². The number of carbonyl (C=O) groups is 1. The zero-order valence-electron chi connectivity index (χ0n) is 12.1. The number of halogens is 4. The molecule has 0 aliphatic carbocycles. The summed E-state index contributed by atoms with van der Waals surface area (Å²) in [5.74, 6) is -2.00. The van der Waals surface area contributed by atoms with Crippen LogP contribution in [0.2, 0.25) is 0 Å². The zero-order valence-corrected chi connectivity index (χ0v) is 12.1. The van der Waals surface area contributed by atoms with Gasteiger partial charge in [-0.3, -0.25) is 4.79 Å². The van der Waals surface area contributed by atoms with Crippen molar-refractivity contribution in [3.63, 3.8) is 0 Å². The van der Waals surface area contributed by atoms with Crippen LogP contribution in [0.15, 0.2) is 30.9 Å². The predicted octanol–water partition coefficient (Wildman–Crippen LogP) is 4.27. The van der Waals surface area contributed by atoms with Gasteiger partial charge in [0.25, 0.3) is 5.91 Å². The first-order valence-electron chi connectivity index (χ1n) is 6.28. The highest BCUT2D eigenvalue weighted by atomic mass is 19.4. The second-order valence-electron chi connectivity index (χ2n) is 5.57. The fourth-order valence-corrected chi connectivity index (χ4v) is 1.82. The summed E-state index contributed by atoms with van der Waals surface area (Å²) in [6.07, 6.45) is -3.36. The Bertz CT molecular complexity index is 544. The molecular weight excluding hydrogens is 286 g/mol. The average molecular weight is 303 g/mol. The summed E-state index contributed by atoms with van der Waals surface area (Å²) >= 11 is 0. The van der Waals surface area contributed by atoms with Crippen molar-refractivity contribution in [2.24, 2.45) is 0 Å². The molecule has 0 fully saturated rings. The van der Waals surface area contributed by atoms with Crippen LogP contribution in [-0.4, -0.2) is 22.9 Å². The van der Waals surface area contributed by atoms with Crippen LogP contribution in [0.5, 0.6) is 0 Å². The molecule has 2 nitrogen and oxygen atoms in total. The Morgan fingerprint density at radius 1 is 1.29 bits per heavy atom. The number of nitrogens with zero attached hydrogens (tertiary/aromatic N) is 1. The first kappa shape index (κ1) is 17.2. The summed E-state index contributed by atoms with van der Waals surface area (Å²) in [5.41, 5.74) is -2.25. The van der Waals surface area contributed by atoms with E-state index in [9.17, 15) is 22.4 Å². The van der Waals surface area contributed by atoms with Crippen molar-refractivity contribution in [1.29, 1.82) is 0 Å². The van der Waals surface area contributed by atoms with Gasteiger partial charge < -0.3 is 4.90 Å². The van der Waals surface area contributed by atoms with E-state index in [1.807, 2.05) is 0 Å². The van der Waals surface area contributed by atoms with Gasteiger partial charge in [0.05, 0.1) is 5.56 Å². The van der Waals surface area contributed by atoms with E-state index >= 15 is 0 Å². The molecular formula is C15H17F4NO. The molecule has 6 heteroatoms. The number of benzene rings is 1. The third-order valence-electron chi connectivity index (χ3n) is 2.89. The minimum atomic E-state index is -4.84. The van der Waals surface area contributed by atoms with Crippen LogP contribution in [0.25, 0.3) is 0 Å². The lowest BCUT2D eigenvalue weighted by atomic mass is 10.0. The predicted molar refractivity (Wildman–Crippen MR) is 72.4 cm³/mol. The molecule has 0 radical (unpaired) electrons. The SMILES string of the molecule is C=CCN(C(=O)c1ccc(F)c(C(F)(F)F)c1)C(C)(C)C. The van der Waals surface area contributed by atoms with Gasteiger partial charge in [-0.2, -0.15) is 13.2 Å².